The number of nitro groups is 1. The molecule has 1 amide bonds. The van der Waals surface area contributed by atoms with Crippen LogP contribution in [0.5, 0.6) is 5.75 Å². The van der Waals surface area contributed by atoms with E-state index < -0.39 is 22.9 Å². The minimum atomic E-state index is -1.08. The minimum Gasteiger partial charge on any atom is -0.497 e. The SMILES string of the molecule is COc1ccc(NC(=O)[C@@H](C)OC(=O)c2ccc(SC)c([N+](=O)[O-])c2)cc1. The topological polar surface area (TPSA) is 108 Å². The number of methoxy groups -OCH3 is 1. The molecule has 0 fully saturated rings. The van der Waals surface area contributed by atoms with Crippen LogP contribution < -0.4 is 10.1 Å². The van der Waals surface area contributed by atoms with Gasteiger partial charge in [0.15, 0.2) is 6.10 Å². The van der Waals surface area contributed by atoms with Crippen LogP contribution in [-0.2, 0) is 9.53 Å². The zero-order chi connectivity index (χ0) is 20.0. The van der Waals surface area contributed by atoms with Gasteiger partial charge in [0.1, 0.15) is 5.75 Å². The van der Waals surface area contributed by atoms with E-state index in [-0.39, 0.29) is 11.3 Å². The molecule has 2 rings (SSSR count). The first-order valence-corrected chi connectivity index (χ1v) is 9.06. The van der Waals surface area contributed by atoms with Crippen molar-refractivity contribution in [2.75, 3.05) is 18.7 Å². The van der Waals surface area contributed by atoms with E-state index in [2.05, 4.69) is 5.32 Å². The normalized spacial score (nSPS) is 11.4. The van der Waals surface area contributed by atoms with Gasteiger partial charge in [0.05, 0.1) is 22.5 Å². The maximum atomic E-state index is 12.2. The van der Waals surface area contributed by atoms with Crippen LogP contribution in [0.1, 0.15) is 17.3 Å². The van der Waals surface area contributed by atoms with Gasteiger partial charge in [0.25, 0.3) is 11.6 Å². The standard InChI is InChI=1S/C18H18N2O6S/c1-11(17(21)19-13-5-7-14(25-2)8-6-13)26-18(22)12-4-9-16(27-3)15(10-12)20(23)24/h4-11H,1-3H3,(H,19,21)/t11-/m1/s1. The smallest absolute Gasteiger partial charge is 0.339 e. The van der Waals surface area contributed by atoms with Crippen molar-refractivity contribution < 1.29 is 24.0 Å². The van der Waals surface area contributed by atoms with Crippen LogP contribution in [0, 0.1) is 10.1 Å². The predicted octanol–water partition coefficient (Wildman–Crippen LogP) is 3.51. The molecule has 2 aromatic carbocycles. The Balaban J connectivity index is 2.04. The quantitative estimate of drug-likeness (QED) is 0.333. The van der Waals surface area contributed by atoms with Crippen molar-refractivity contribution in [3.63, 3.8) is 0 Å². The summed E-state index contributed by atoms with van der Waals surface area (Å²) in [5.41, 5.74) is 0.333. The van der Waals surface area contributed by atoms with Gasteiger partial charge in [-0.1, -0.05) is 0 Å². The Hall–Kier alpha value is -3.07. The molecule has 0 aliphatic carbocycles. The molecular formula is C18H18N2O6S. The van der Waals surface area contributed by atoms with Gasteiger partial charge in [-0.2, -0.15) is 0 Å². The van der Waals surface area contributed by atoms with Crippen LogP contribution in [0.2, 0.25) is 0 Å². The van der Waals surface area contributed by atoms with E-state index >= 15 is 0 Å². The maximum absolute atomic E-state index is 12.2. The molecule has 0 heterocycles. The minimum absolute atomic E-state index is 0.00333. The Morgan fingerprint density at radius 3 is 2.41 bits per heavy atom. The molecule has 142 valence electrons. The lowest BCUT2D eigenvalue weighted by Crippen LogP contribution is -2.30. The highest BCUT2D eigenvalue weighted by molar-refractivity contribution is 7.98. The predicted molar refractivity (Wildman–Crippen MR) is 101 cm³/mol. The van der Waals surface area contributed by atoms with Gasteiger partial charge < -0.3 is 14.8 Å². The highest BCUT2D eigenvalue weighted by atomic mass is 32.2. The molecule has 2 aromatic rings. The number of ether oxygens (including phenoxy) is 2. The number of anilines is 1. The number of nitro benzene ring substituents is 1. The van der Waals surface area contributed by atoms with E-state index in [9.17, 15) is 19.7 Å². The van der Waals surface area contributed by atoms with Crippen LogP contribution in [0.25, 0.3) is 0 Å². The summed E-state index contributed by atoms with van der Waals surface area (Å²) in [5.74, 6) is -0.699. The largest absolute Gasteiger partial charge is 0.497 e. The molecule has 1 atom stereocenters. The number of esters is 1. The summed E-state index contributed by atoms with van der Waals surface area (Å²) in [7, 11) is 1.53. The second-order valence-electron chi connectivity index (χ2n) is 5.41. The second-order valence-corrected chi connectivity index (χ2v) is 6.26. The van der Waals surface area contributed by atoms with Gasteiger partial charge in [-0.25, -0.2) is 4.79 Å². The van der Waals surface area contributed by atoms with Crippen LogP contribution in [0.4, 0.5) is 11.4 Å². The number of nitrogens with zero attached hydrogens (tertiary/aromatic N) is 1. The molecule has 9 heteroatoms. The third kappa shape index (κ3) is 5.20. The molecule has 8 nitrogen and oxygen atoms in total. The fourth-order valence-corrected chi connectivity index (χ4v) is 2.71. The Labute approximate surface area is 160 Å². The molecule has 0 radical (unpaired) electrons. The van der Waals surface area contributed by atoms with E-state index in [1.54, 1.807) is 30.5 Å². The summed E-state index contributed by atoms with van der Waals surface area (Å²) in [5, 5.41) is 13.7. The van der Waals surface area contributed by atoms with Crippen molar-refractivity contribution in [3.8, 4) is 5.75 Å². The van der Waals surface area contributed by atoms with E-state index in [1.165, 1.54) is 37.9 Å². The fraction of sp³-hybridized carbons (Fsp3) is 0.222. The molecule has 0 bridgehead atoms. The van der Waals surface area contributed by atoms with E-state index in [1.807, 2.05) is 0 Å². The molecular weight excluding hydrogens is 372 g/mol. The lowest BCUT2D eigenvalue weighted by Gasteiger charge is -2.14. The Bertz CT molecular complexity index is 853. The summed E-state index contributed by atoms with van der Waals surface area (Å²) in [6.45, 7) is 1.42. The molecule has 0 saturated heterocycles. The van der Waals surface area contributed by atoms with Crippen molar-refractivity contribution in [3.05, 3.63) is 58.1 Å². The van der Waals surface area contributed by atoms with Gasteiger partial charge in [0.2, 0.25) is 0 Å². The van der Waals surface area contributed by atoms with Crippen molar-refractivity contribution in [2.24, 2.45) is 0 Å². The summed E-state index contributed by atoms with van der Waals surface area (Å²) in [4.78, 5) is 35.4. The Morgan fingerprint density at radius 2 is 1.85 bits per heavy atom. The van der Waals surface area contributed by atoms with Gasteiger partial charge in [0, 0.05) is 11.8 Å². The summed E-state index contributed by atoms with van der Waals surface area (Å²) in [6.07, 6.45) is 0.616. The average Bonchev–Trinajstić information content (AvgIpc) is 2.67. The van der Waals surface area contributed by atoms with Crippen molar-refractivity contribution in [1.29, 1.82) is 0 Å². The van der Waals surface area contributed by atoms with Gasteiger partial charge in [-0.3, -0.25) is 14.9 Å². The molecule has 27 heavy (non-hydrogen) atoms. The van der Waals surface area contributed by atoms with Crippen molar-refractivity contribution >= 4 is 35.0 Å². The van der Waals surface area contributed by atoms with Crippen LogP contribution in [0.3, 0.4) is 0 Å². The first-order valence-electron chi connectivity index (χ1n) is 7.84. The zero-order valence-corrected chi connectivity index (χ0v) is 15.7. The lowest BCUT2D eigenvalue weighted by molar-refractivity contribution is -0.387. The maximum Gasteiger partial charge on any atom is 0.339 e. The number of benzene rings is 2. The number of carbonyl (C=O) groups is 2. The Morgan fingerprint density at radius 1 is 1.19 bits per heavy atom. The molecule has 0 aliphatic heterocycles. The summed E-state index contributed by atoms with van der Waals surface area (Å²) in [6, 6.07) is 10.7. The first-order chi connectivity index (χ1) is 12.8. The van der Waals surface area contributed by atoms with Crippen molar-refractivity contribution in [2.45, 2.75) is 17.9 Å². The average molecular weight is 390 g/mol. The number of carbonyl (C=O) groups excluding carboxylic acids is 2. The third-order valence-corrected chi connectivity index (χ3v) is 4.41. The molecule has 0 saturated carbocycles. The van der Waals surface area contributed by atoms with Gasteiger partial charge in [-0.05, 0) is 49.6 Å². The zero-order valence-electron chi connectivity index (χ0n) is 14.9. The molecule has 0 unspecified atom stereocenters. The monoisotopic (exact) mass is 390 g/mol. The number of rotatable bonds is 7. The molecule has 0 aromatic heterocycles. The Kier molecular flexibility index (Phi) is 6.78. The molecule has 0 spiro atoms. The van der Waals surface area contributed by atoms with Crippen LogP contribution in [-0.4, -0.2) is 36.3 Å². The highest BCUT2D eigenvalue weighted by Crippen LogP contribution is 2.28. The molecule has 1 N–H and O–H groups in total. The van der Waals surface area contributed by atoms with Gasteiger partial charge in [-0.15, -0.1) is 11.8 Å². The second kappa shape index (κ2) is 9.04. The highest BCUT2D eigenvalue weighted by Gasteiger charge is 2.22. The van der Waals surface area contributed by atoms with E-state index in [0.717, 1.165) is 6.07 Å². The number of nitrogens with one attached hydrogen (secondary N) is 1. The third-order valence-electron chi connectivity index (χ3n) is 3.62. The fourth-order valence-electron chi connectivity index (χ4n) is 2.16. The van der Waals surface area contributed by atoms with E-state index in [4.69, 9.17) is 9.47 Å². The first kappa shape index (κ1) is 20.2. The lowest BCUT2D eigenvalue weighted by atomic mass is 10.2. The number of hydrogen-bond acceptors (Lipinski definition) is 7. The number of amides is 1. The van der Waals surface area contributed by atoms with Crippen LogP contribution in [0.15, 0.2) is 47.4 Å². The van der Waals surface area contributed by atoms with Gasteiger partial charge >= 0.3 is 5.97 Å². The summed E-state index contributed by atoms with van der Waals surface area (Å²) >= 11 is 1.20. The number of thioether (sulfide) groups is 1. The number of hydrogen-bond donors (Lipinski definition) is 1. The van der Waals surface area contributed by atoms with Crippen molar-refractivity contribution in [1.82, 2.24) is 0 Å². The van der Waals surface area contributed by atoms with E-state index in [0.29, 0.717) is 16.3 Å². The molecule has 0 aliphatic rings. The summed E-state index contributed by atoms with van der Waals surface area (Å²) < 4.78 is 10.2. The van der Waals surface area contributed by atoms with Crippen LogP contribution >= 0.6 is 11.8 Å².